The van der Waals surface area contributed by atoms with E-state index in [-0.39, 0.29) is 45.5 Å². The number of nitrogens with zero attached hydrogens (tertiary/aromatic N) is 4. The van der Waals surface area contributed by atoms with Gasteiger partial charge >= 0.3 is 0 Å². The summed E-state index contributed by atoms with van der Waals surface area (Å²) < 4.78 is 6.53. The van der Waals surface area contributed by atoms with E-state index in [0.717, 1.165) is 0 Å². The highest BCUT2D eigenvalue weighted by Crippen LogP contribution is 2.33. The molecule has 0 radical (unpaired) electrons. The van der Waals surface area contributed by atoms with Crippen LogP contribution in [0.1, 0.15) is 30.2 Å². The zero-order valence-corrected chi connectivity index (χ0v) is 14.4. The molecule has 1 amide bonds. The third-order valence-electron chi connectivity index (χ3n) is 3.77. The summed E-state index contributed by atoms with van der Waals surface area (Å²) in [6.45, 7) is 3.60. The number of hydrogen-bond acceptors (Lipinski definition) is 7. The maximum absolute atomic E-state index is 12.9. The number of rotatable bonds is 4. The molecule has 9 nitrogen and oxygen atoms in total. The van der Waals surface area contributed by atoms with Crippen LogP contribution >= 0.6 is 0 Å². The molecule has 0 bridgehead atoms. The third-order valence-corrected chi connectivity index (χ3v) is 3.77. The lowest BCUT2D eigenvalue weighted by Gasteiger charge is -2.18. The molecule has 2 aromatic heterocycles. The number of carbonyl (C=O) groups is 1. The molecule has 0 aliphatic carbocycles. The quantitative estimate of drug-likeness (QED) is 0.731. The maximum atomic E-state index is 12.9. The fourth-order valence-corrected chi connectivity index (χ4v) is 2.59. The van der Waals surface area contributed by atoms with Crippen molar-refractivity contribution in [2.24, 2.45) is 0 Å². The van der Waals surface area contributed by atoms with Crippen molar-refractivity contribution >= 4 is 22.8 Å². The summed E-state index contributed by atoms with van der Waals surface area (Å²) >= 11 is 0. The molecule has 3 aromatic rings. The number of carbonyl (C=O) groups excluding carboxylic acids is 1. The van der Waals surface area contributed by atoms with Gasteiger partial charge in [-0.1, -0.05) is 0 Å². The van der Waals surface area contributed by atoms with E-state index in [4.69, 9.17) is 4.74 Å². The highest BCUT2D eigenvalue weighted by atomic mass is 16.5. The lowest BCUT2D eigenvalue weighted by atomic mass is 10.2. The molecule has 0 fully saturated rings. The first-order chi connectivity index (χ1) is 12.4. The Morgan fingerprint density at radius 3 is 2.58 bits per heavy atom. The van der Waals surface area contributed by atoms with Crippen LogP contribution in [-0.4, -0.2) is 37.6 Å². The van der Waals surface area contributed by atoms with Gasteiger partial charge in [-0.15, -0.1) is 0 Å². The van der Waals surface area contributed by atoms with Crippen LogP contribution in [0.2, 0.25) is 0 Å². The van der Waals surface area contributed by atoms with E-state index >= 15 is 0 Å². The Hall–Kier alpha value is -3.49. The summed E-state index contributed by atoms with van der Waals surface area (Å²) in [7, 11) is 1.36. The number of hydrogen-bond donors (Lipinski definition) is 2. The van der Waals surface area contributed by atoms with Crippen LogP contribution in [0.5, 0.6) is 11.5 Å². The van der Waals surface area contributed by atoms with Crippen LogP contribution in [0.15, 0.2) is 35.6 Å². The summed E-state index contributed by atoms with van der Waals surface area (Å²) in [5.41, 5.74) is 0.0250. The Kier molecular flexibility index (Phi) is 4.53. The number of benzene rings is 1. The highest BCUT2D eigenvalue weighted by molar-refractivity contribution is 6.03. The first kappa shape index (κ1) is 17.3. The minimum absolute atomic E-state index is 0.0373. The van der Waals surface area contributed by atoms with Gasteiger partial charge in [-0.2, -0.15) is 0 Å². The Morgan fingerprint density at radius 1 is 1.27 bits per heavy atom. The Balaban J connectivity index is 2.21. The molecule has 3 rings (SSSR count). The average molecular weight is 355 g/mol. The van der Waals surface area contributed by atoms with Crippen LogP contribution < -0.4 is 15.6 Å². The van der Waals surface area contributed by atoms with Gasteiger partial charge in [-0.3, -0.25) is 19.5 Å². The van der Waals surface area contributed by atoms with E-state index in [1.807, 2.05) is 0 Å². The largest absolute Gasteiger partial charge is 0.504 e. The molecule has 2 N–H and O–H groups in total. The van der Waals surface area contributed by atoms with Gasteiger partial charge in [-0.25, -0.2) is 15.0 Å². The second-order valence-corrected chi connectivity index (χ2v) is 5.80. The van der Waals surface area contributed by atoms with E-state index < -0.39 is 5.91 Å². The van der Waals surface area contributed by atoms with E-state index in [1.165, 1.54) is 42.5 Å². The van der Waals surface area contributed by atoms with Gasteiger partial charge < -0.3 is 9.84 Å². The van der Waals surface area contributed by atoms with E-state index in [9.17, 15) is 14.7 Å². The van der Waals surface area contributed by atoms with Crippen molar-refractivity contribution in [1.82, 2.24) is 19.5 Å². The lowest BCUT2D eigenvalue weighted by molar-refractivity contribution is 0.102. The molecule has 9 heteroatoms. The fraction of sp³-hybridized carbons (Fsp3) is 0.235. The van der Waals surface area contributed by atoms with Crippen molar-refractivity contribution in [2.45, 2.75) is 19.9 Å². The van der Waals surface area contributed by atoms with Crippen LogP contribution in [0.25, 0.3) is 10.9 Å². The summed E-state index contributed by atoms with van der Waals surface area (Å²) in [4.78, 5) is 37.3. The minimum Gasteiger partial charge on any atom is -0.504 e. The van der Waals surface area contributed by atoms with Crippen molar-refractivity contribution in [2.75, 3.05) is 12.4 Å². The van der Waals surface area contributed by atoms with Crippen molar-refractivity contribution in [3.8, 4) is 11.5 Å². The lowest BCUT2D eigenvalue weighted by Crippen LogP contribution is -2.28. The first-order valence-electron chi connectivity index (χ1n) is 7.82. The molecule has 0 aliphatic rings. The Morgan fingerprint density at radius 2 is 1.96 bits per heavy atom. The standard InChI is InChI=1S/C17H17N5O4/c1-9(2)22-16(25)11-4-5-12(23)14(26-3)13(11)20-17(22)21-15(24)10-6-18-8-19-7-10/h4-9,23H,1-3H3,(H,20,21,24). The molecule has 0 aliphatic heterocycles. The second kappa shape index (κ2) is 6.79. The average Bonchev–Trinajstić information content (AvgIpc) is 2.62. The predicted molar refractivity (Wildman–Crippen MR) is 94.6 cm³/mol. The number of aromatic hydroxyl groups is 1. The summed E-state index contributed by atoms with van der Waals surface area (Å²) in [5, 5.41) is 12.8. The molecule has 2 heterocycles. The number of anilines is 1. The number of amides is 1. The number of fused-ring (bicyclic) bond motifs is 1. The molecular weight excluding hydrogens is 338 g/mol. The van der Waals surface area contributed by atoms with Crippen LogP contribution in [-0.2, 0) is 0 Å². The van der Waals surface area contributed by atoms with Gasteiger partial charge in [0.1, 0.15) is 11.8 Å². The maximum Gasteiger partial charge on any atom is 0.263 e. The summed E-state index contributed by atoms with van der Waals surface area (Å²) in [5.74, 6) is -0.558. The van der Waals surface area contributed by atoms with Gasteiger partial charge in [-0.05, 0) is 26.0 Å². The van der Waals surface area contributed by atoms with Crippen molar-refractivity contribution in [3.63, 3.8) is 0 Å². The Labute approximate surface area is 148 Å². The number of phenolic OH excluding ortho intramolecular Hbond substituents is 1. The molecule has 0 spiro atoms. The number of aromatic nitrogens is 4. The third kappa shape index (κ3) is 2.94. The summed E-state index contributed by atoms with van der Waals surface area (Å²) in [6, 6.07) is 2.58. The van der Waals surface area contributed by atoms with Gasteiger partial charge in [0.15, 0.2) is 11.5 Å². The molecule has 26 heavy (non-hydrogen) atoms. The molecule has 0 unspecified atom stereocenters. The normalized spacial score (nSPS) is 10.9. The van der Waals surface area contributed by atoms with Crippen molar-refractivity contribution in [1.29, 1.82) is 0 Å². The molecule has 0 atom stereocenters. The molecule has 134 valence electrons. The van der Waals surface area contributed by atoms with E-state index in [2.05, 4.69) is 20.3 Å². The number of methoxy groups -OCH3 is 1. The van der Waals surface area contributed by atoms with Gasteiger partial charge in [0.25, 0.3) is 11.5 Å². The van der Waals surface area contributed by atoms with Gasteiger partial charge in [0, 0.05) is 18.4 Å². The van der Waals surface area contributed by atoms with Crippen LogP contribution in [0.3, 0.4) is 0 Å². The molecule has 0 saturated heterocycles. The number of phenols is 1. The van der Waals surface area contributed by atoms with Crippen LogP contribution in [0, 0.1) is 0 Å². The first-order valence-corrected chi connectivity index (χ1v) is 7.82. The minimum atomic E-state index is -0.509. The monoisotopic (exact) mass is 355 g/mol. The highest BCUT2D eigenvalue weighted by Gasteiger charge is 2.20. The Bertz CT molecular complexity index is 1030. The van der Waals surface area contributed by atoms with E-state index in [0.29, 0.717) is 0 Å². The SMILES string of the molecule is COc1c(O)ccc2c(=O)n(C(C)C)c(NC(=O)c3cncnc3)nc12. The van der Waals surface area contributed by atoms with E-state index in [1.54, 1.807) is 13.8 Å². The zero-order valence-electron chi connectivity index (χ0n) is 14.4. The van der Waals surface area contributed by atoms with Gasteiger partial charge in [0.2, 0.25) is 5.95 Å². The molecular formula is C17H17N5O4. The predicted octanol–water partition coefficient (Wildman–Crippen LogP) is 1.73. The van der Waals surface area contributed by atoms with Crippen molar-refractivity contribution in [3.05, 3.63) is 46.8 Å². The fourth-order valence-electron chi connectivity index (χ4n) is 2.59. The number of nitrogens with one attached hydrogen (secondary N) is 1. The second-order valence-electron chi connectivity index (χ2n) is 5.80. The molecule has 1 aromatic carbocycles. The summed E-state index contributed by atoms with van der Waals surface area (Å²) in [6.07, 6.45) is 4.02. The zero-order chi connectivity index (χ0) is 18.8. The van der Waals surface area contributed by atoms with Crippen LogP contribution in [0.4, 0.5) is 5.95 Å². The van der Waals surface area contributed by atoms with Gasteiger partial charge in [0.05, 0.1) is 18.1 Å². The molecule has 0 saturated carbocycles. The van der Waals surface area contributed by atoms with Crippen molar-refractivity contribution < 1.29 is 14.6 Å². The topological polar surface area (TPSA) is 119 Å². The number of ether oxygens (including phenoxy) is 1. The smallest absolute Gasteiger partial charge is 0.263 e.